The molecule has 0 fully saturated rings. The smallest absolute Gasteiger partial charge is 0.143 e. The number of pyridine rings is 2. The molecule has 2 heterocycles. The number of aromatic nitrogens is 2. The molecular weight excluding hydrogens is 200 g/mol. The number of hydrogen-bond acceptors (Lipinski definition) is 3. The maximum Gasteiger partial charge on any atom is 0.143 e. The zero-order chi connectivity index (χ0) is 9.97. The van der Waals surface area contributed by atoms with E-state index < -0.39 is 0 Å². The van der Waals surface area contributed by atoms with E-state index in [9.17, 15) is 5.11 Å². The Morgan fingerprint density at radius 3 is 2.29 bits per heavy atom. The minimum absolute atomic E-state index is 0.0769. The van der Waals surface area contributed by atoms with Gasteiger partial charge in [-0.3, -0.25) is 9.97 Å². The monoisotopic (exact) mass is 206 g/mol. The molecule has 0 saturated carbocycles. The van der Waals surface area contributed by atoms with Gasteiger partial charge in [-0.05, 0) is 24.3 Å². The van der Waals surface area contributed by atoms with Crippen LogP contribution in [0, 0.1) is 0 Å². The summed E-state index contributed by atoms with van der Waals surface area (Å²) < 4.78 is 0. The Bertz CT molecular complexity index is 416. The van der Waals surface area contributed by atoms with E-state index in [0.29, 0.717) is 16.4 Å². The molecule has 0 aliphatic carbocycles. The van der Waals surface area contributed by atoms with Crippen LogP contribution in [-0.4, -0.2) is 15.1 Å². The van der Waals surface area contributed by atoms with Crippen LogP contribution in [0.3, 0.4) is 0 Å². The van der Waals surface area contributed by atoms with Gasteiger partial charge in [-0.15, -0.1) is 0 Å². The Kier molecular flexibility index (Phi) is 2.33. The average molecular weight is 207 g/mol. The van der Waals surface area contributed by atoms with Crippen LogP contribution in [0.15, 0.2) is 36.7 Å². The van der Waals surface area contributed by atoms with E-state index in [1.165, 1.54) is 0 Å². The summed E-state index contributed by atoms with van der Waals surface area (Å²) in [7, 11) is 0. The van der Waals surface area contributed by atoms with Crippen LogP contribution >= 0.6 is 11.6 Å². The van der Waals surface area contributed by atoms with E-state index in [4.69, 9.17) is 11.6 Å². The highest BCUT2D eigenvalue weighted by molar-refractivity contribution is 6.33. The van der Waals surface area contributed by atoms with E-state index in [1.54, 1.807) is 36.7 Å². The van der Waals surface area contributed by atoms with Crippen molar-refractivity contribution in [2.45, 2.75) is 0 Å². The lowest BCUT2D eigenvalue weighted by Crippen LogP contribution is -1.87. The minimum Gasteiger partial charge on any atom is -0.506 e. The second-order valence-corrected chi connectivity index (χ2v) is 3.11. The van der Waals surface area contributed by atoms with Gasteiger partial charge >= 0.3 is 0 Å². The second-order valence-electron chi connectivity index (χ2n) is 2.70. The Hall–Kier alpha value is -1.61. The minimum atomic E-state index is 0.0769. The summed E-state index contributed by atoms with van der Waals surface area (Å²) in [5.41, 5.74) is 0.894. The first-order valence-electron chi connectivity index (χ1n) is 4.04. The quantitative estimate of drug-likeness (QED) is 0.780. The number of nitrogens with zero attached hydrogens (tertiary/aromatic N) is 2. The summed E-state index contributed by atoms with van der Waals surface area (Å²) in [5.74, 6) is 0.0769. The molecule has 4 heteroatoms. The van der Waals surface area contributed by atoms with Crippen LogP contribution in [0.1, 0.15) is 0 Å². The van der Waals surface area contributed by atoms with Gasteiger partial charge in [0.15, 0.2) is 0 Å². The van der Waals surface area contributed by atoms with Gasteiger partial charge in [0.1, 0.15) is 17.1 Å². The highest BCUT2D eigenvalue weighted by Gasteiger charge is 2.09. The number of rotatable bonds is 1. The predicted octanol–water partition coefficient (Wildman–Crippen LogP) is 2.50. The van der Waals surface area contributed by atoms with Crippen LogP contribution in [0.2, 0.25) is 5.02 Å². The molecule has 0 aliphatic rings. The summed E-state index contributed by atoms with van der Waals surface area (Å²) >= 11 is 5.92. The van der Waals surface area contributed by atoms with Gasteiger partial charge in [-0.25, -0.2) is 0 Å². The van der Waals surface area contributed by atoms with Crippen LogP contribution < -0.4 is 0 Å². The highest BCUT2D eigenvalue weighted by atomic mass is 35.5. The normalized spacial score (nSPS) is 10.1. The third-order valence-electron chi connectivity index (χ3n) is 1.77. The number of hydrogen-bond donors (Lipinski definition) is 1. The van der Waals surface area contributed by atoms with Gasteiger partial charge in [0.2, 0.25) is 0 Å². The van der Waals surface area contributed by atoms with Gasteiger partial charge < -0.3 is 5.11 Å². The molecule has 2 rings (SSSR count). The van der Waals surface area contributed by atoms with Crippen molar-refractivity contribution in [2.24, 2.45) is 0 Å². The lowest BCUT2D eigenvalue weighted by molar-refractivity contribution is 0.475. The number of aromatic hydroxyl groups is 1. The van der Waals surface area contributed by atoms with Gasteiger partial charge in [-0.2, -0.15) is 0 Å². The molecule has 0 bridgehead atoms. The Morgan fingerprint density at radius 1 is 1.00 bits per heavy atom. The lowest BCUT2D eigenvalue weighted by Gasteiger charge is -2.03. The molecule has 70 valence electrons. The standard InChI is InChI=1S/C10H7ClN2O/c11-7-3-1-5-12-9(7)10-8(14)4-2-6-13-10/h1-6,14H. The fraction of sp³-hybridized carbons (Fsp3) is 0. The van der Waals surface area contributed by atoms with Crippen LogP contribution in [0.4, 0.5) is 0 Å². The summed E-state index contributed by atoms with van der Waals surface area (Å²) in [4.78, 5) is 8.07. The molecule has 0 amide bonds. The molecule has 0 aromatic carbocycles. The zero-order valence-corrected chi connectivity index (χ0v) is 7.94. The highest BCUT2D eigenvalue weighted by Crippen LogP contribution is 2.29. The molecule has 3 nitrogen and oxygen atoms in total. The summed E-state index contributed by atoms with van der Waals surface area (Å²) in [6, 6.07) is 6.63. The van der Waals surface area contributed by atoms with Gasteiger partial charge in [0.25, 0.3) is 0 Å². The van der Waals surface area contributed by atoms with Crippen molar-refractivity contribution in [2.75, 3.05) is 0 Å². The molecule has 0 aliphatic heterocycles. The Labute approximate surface area is 86.0 Å². The third kappa shape index (κ3) is 1.54. The summed E-state index contributed by atoms with van der Waals surface area (Å²) in [5, 5.41) is 10.0. The van der Waals surface area contributed by atoms with E-state index >= 15 is 0 Å². The van der Waals surface area contributed by atoms with E-state index in [2.05, 4.69) is 9.97 Å². The van der Waals surface area contributed by atoms with Crippen molar-refractivity contribution in [1.82, 2.24) is 9.97 Å². The molecule has 0 spiro atoms. The molecule has 0 radical (unpaired) electrons. The zero-order valence-electron chi connectivity index (χ0n) is 7.18. The Balaban J connectivity index is 2.61. The first kappa shape index (κ1) is 8.97. The maximum absolute atomic E-state index is 9.53. The SMILES string of the molecule is Oc1cccnc1-c1ncccc1Cl. The molecule has 0 unspecified atom stereocenters. The first-order valence-corrected chi connectivity index (χ1v) is 4.41. The fourth-order valence-electron chi connectivity index (χ4n) is 1.14. The van der Waals surface area contributed by atoms with Crippen molar-refractivity contribution < 1.29 is 5.11 Å². The molecule has 2 aromatic rings. The van der Waals surface area contributed by atoms with E-state index in [1.807, 2.05) is 0 Å². The van der Waals surface area contributed by atoms with Crippen molar-refractivity contribution in [3.05, 3.63) is 41.7 Å². The van der Waals surface area contributed by atoms with Crippen molar-refractivity contribution in [3.63, 3.8) is 0 Å². The van der Waals surface area contributed by atoms with E-state index in [-0.39, 0.29) is 5.75 Å². The lowest BCUT2D eigenvalue weighted by atomic mass is 10.2. The third-order valence-corrected chi connectivity index (χ3v) is 2.07. The average Bonchev–Trinajstić information content (AvgIpc) is 2.20. The van der Waals surface area contributed by atoms with Crippen molar-refractivity contribution >= 4 is 11.6 Å². The largest absolute Gasteiger partial charge is 0.506 e. The summed E-state index contributed by atoms with van der Waals surface area (Å²) in [6.45, 7) is 0. The molecule has 0 saturated heterocycles. The van der Waals surface area contributed by atoms with Crippen LogP contribution in [-0.2, 0) is 0 Å². The van der Waals surface area contributed by atoms with Crippen molar-refractivity contribution in [3.8, 4) is 17.1 Å². The Morgan fingerprint density at radius 2 is 1.64 bits per heavy atom. The topological polar surface area (TPSA) is 46.0 Å². The molecule has 2 aromatic heterocycles. The predicted molar refractivity (Wildman–Crippen MR) is 54.1 cm³/mol. The number of halogens is 1. The second kappa shape index (κ2) is 3.64. The molecule has 14 heavy (non-hydrogen) atoms. The molecular formula is C10H7ClN2O. The van der Waals surface area contributed by atoms with Gasteiger partial charge in [0, 0.05) is 12.4 Å². The van der Waals surface area contributed by atoms with Crippen LogP contribution in [0.25, 0.3) is 11.4 Å². The molecule has 0 atom stereocenters. The van der Waals surface area contributed by atoms with Crippen LogP contribution in [0.5, 0.6) is 5.75 Å². The summed E-state index contributed by atoms with van der Waals surface area (Å²) in [6.07, 6.45) is 3.19. The molecule has 1 N–H and O–H groups in total. The van der Waals surface area contributed by atoms with Crippen molar-refractivity contribution in [1.29, 1.82) is 0 Å². The van der Waals surface area contributed by atoms with E-state index in [0.717, 1.165) is 0 Å². The first-order chi connectivity index (χ1) is 6.79. The fourth-order valence-corrected chi connectivity index (χ4v) is 1.35. The van der Waals surface area contributed by atoms with Gasteiger partial charge in [-0.1, -0.05) is 11.6 Å². The maximum atomic E-state index is 9.53. The van der Waals surface area contributed by atoms with Gasteiger partial charge in [0.05, 0.1) is 5.02 Å².